The van der Waals surface area contributed by atoms with Crippen molar-refractivity contribution in [2.45, 2.75) is 32.2 Å². The summed E-state index contributed by atoms with van der Waals surface area (Å²) in [5, 5.41) is 2.82. The number of pyridine rings is 1. The van der Waals surface area contributed by atoms with Crippen molar-refractivity contribution in [2.75, 3.05) is 37.2 Å². The van der Waals surface area contributed by atoms with E-state index >= 15 is 0 Å². The molecule has 3 heterocycles. The minimum absolute atomic E-state index is 0.0773. The van der Waals surface area contributed by atoms with Crippen molar-refractivity contribution in [1.29, 1.82) is 0 Å². The first-order valence-corrected chi connectivity index (χ1v) is 8.61. The van der Waals surface area contributed by atoms with Gasteiger partial charge in [-0.1, -0.05) is 6.92 Å². The van der Waals surface area contributed by atoms with Gasteiger partial charge >= 0.3 is 0 Å². The van der Waals surface area contributed by atoms with Crippen molar-refractivity contribution in [2.24, 2.45) is 5.92 Å². The van der Waals surface area contributed by atoms with Crippen LogP contribution in [0.25, 0.3) is 0 Å². The summed E-state index contributed by atoms with van der Waals surface area (Å²) < 4.78 is 0. The van der Waals surface area contributed by atoms with E-state index < -0.39 is 0 Å². The van der Waals surface area contributed by atoms with Crippen molar-refractivity contribution in [3.63, 3.8) is 0 Å². The molecule has 2 amide bonds. The fourth-order valence-corrected chi connectivity index (χ4v) is 3.62. The second-order valence-electron chi connectivity index (χ2n) is 6.59. The summed E-state index contributed by atoms with van der Waals surface area (Å²) in [4.78, 5) is 32.9. The van der Waals surface area contributed by atoms with Crippen LogP contribution in [0.2, 0.25) is 0 Å². The molecule has 7 heteroatoms. The Labute approximate surface area is 142 Å². The maximum absolute atomic E-state index is 12.4. The Kier molecular flexibility index (Phi) is 4.99. The molecular formula is C17H25N5O2. The van der Waals surface area contributed by atoms with Crippen molar-refractivity contribution in [3.05, 3.63) is 18.3 Å². The molecule has 0 radical (unpaired) electrons. The van der Waals surface area contributed by atoms with Gasteiger partial charge in [0, 0.05) is 25.6 Å². The lowest BCUT2D eigenvalue weighted by Gasteiger charge is -2.27. The van der Waals surface area contributed by atoms with Crippen LogP contribution in [-0.4, -0.2) is 58.8 Å². The molecule has 2 fully saturated rings. The predicted molar refractivity (Wildman–Crippen MR) is 92.2 cm³/mol. The zero-order valence-corrected chi connectivity index (χ0v) is 14.1. The van der Waals surface area contributed by atoms with Crippen molar-refractivity contribution >= 4 is 23.3 Å². The lowest BCUT2D eigenvalue weighted by atomic mass is 10.1. The summed E-state index contributed by atoms with van der Waals surface area (Å²) in [6.45, 7) is 5.51. The van der Waals surface area contributed by atoms with E-state index in [1.165, 1.54) is 12.6 Å². The highest BCUT2D eigenvalue weighted by Crippen LogP contribution is 2.24. The standard InChI is InChI=1S/C17H25N5O2/c1-2-21-7-3-4-14(21)11-22-10-12(8-16(22)23)17(24)20-13-5-6-15(18)19-9-13/h5-6,9,12,14H,2-4,7-8,10-11H2,1H3,(H2,18,19)(H,20,24)/t12-,14+/m1/s1. The molecule has 0 unspecified atom stereocenters. The molecule has 2 aliphatic heterocycles. The van der Waals surface area contributed by atoms with Crippen LogP contribution < -0.4 is 11.1 Å². The van der Waals surface area contributed by atoms with Gasteiger partial charge in [0.2, 0.25) is 11.8 Å². The Morgan fingerprint density at radius 3 is 3.00 bits per heavy atom. The Bertz CT molecular complexity index is 604. The number of anilines is 2. The number of carbonyl (C=O) groups is 2. The number of rotatable bonds is 5. The van der Waals surface area contributed by atoms with Gasteiger partial charge < -0.3 is 16.0 Å². The molecule has 0 bridgehead atoms. The monoisotopic (exact) mass is 331 g/mol. The third kappa shape index (κ3) is 3.67. The van der Waals surface area contributed by atoms with Gasteiger partial charge in [-0.25, -0.2) is 4.98 Å². The van der Waals surface area contributed by atoms with Gasteiger partial charge in [0.25, 0.3) is 0 Å². The smallest absolute Gasteiger partial charge is 0.229 e. The molecule has 3 rings (SSSR count). The molecule has 1 aromatic rings. The molecule has 0 aromatic carbocycles. The number of hydrogen-bond donors (Lipinski definition) is 2. The highest BCUT2D eigenvalue weighted by atomic mass is 16.2. The number of nitrogen functional groups attached to an aromatic ring is 1. The molecular weight excluding hydrogens is 306 g/mol. The number of amides is 2. The van der Waals surface area contributed by atoms with E-state index in [4.69, 9.17) is 5.73 Å². The molecule has 24 heavy (non-hydrogen) atoms. The molecule has 0 aliphatic carbocycles. The molecule has 2 saturated heterocycles. The molecule has 2 atom stereocenters. The minimum Gasteiger partial charge on any atom is -0.384 e. The quantitative estimate of drug-likeness (QED) is 0.838. The lowest BCUT2D eigenvalue weighted by Crippen LogP contribution is -2.41. The normalized spacial score (nSPS) is 24.5. The molecule has 2 aliphatic rings. The van der Waals surface area contributed by atoms with Crippen molar-refractivity contribution in [1.82, 2.24) is 14.8 Å². The number of hydrogen-bond acceptors (Lipinski definition) is 5. The van der Waals surface area contributed by atoms with E-state index in [0.29, 0.717) is 24.1 Å². The van der Waals surface area contributed by atoms with Gasteiger partial charge in [-0.3, -0.25) is 14.5 Å². The fraction of sp³-hybridized carbons (Fsp3) is 0.588. The van der Waals surface area contributed by atoms with Gasteiger partial charge in [0.1, 0.15) is 5.82 Å². The van der Waals surface area contributed by atoms with Crippen LogP contribution in [0, 0.1) is 5.92 Å². The molecule has 7 nitrogen and oxygen atoms in total. The lowest BCUT2D eigenvalue weighted by molar-refractivity contribution is -0.128. The van der Waals surface area contributed by atoms with Crippen molar-refractivity contribution in [3.8, 4) is 0 Å². The van der Waals surface area contributed by atoms with Crippen LogP contribution >= 0.6 is 0 Å². The van der Waals surface area contributed by atoms with Crippen LogP contribution in [0.1, 0.15) is 26.2 Å². The second-order valence-corrected chi connectivity index (χ2v) is 6.59. The average Bonchev–Trinajstić information content (AvgIpc) is 3.17. The molecule has 0 saturated carbocycles. The number of aromatic nitrogens is 1. The summed E-state index contributed by atoms with van der Waals surface area (Å²) in [5.74, 6) is 0.0588. The highest BCUT2D eigenvalue weighted by Gasteiger charge is 2.36. The second kappa shape index (κ2) is 7.17. The molecule has 3 N–H and O–H groups in total. The van der Waals surface area contributed by atoms with Gasteiger partial charge in [0.15, 0.2) is 0 Å². The zero-order chi connectivity index (χ0) is 17.1. The van der Waals surface area contributed by atoms with Crippen LogP contribution in [0.5, 0.6) is 0 Å². The summed E-state index contributed by atoms with van der Waals surface area (Å²) in [6, 6.07) is 3.79. The van der Waals surface area contributed by atoms with E-state index in [0.717, 1.165) is 26.1 Å². The van der Waals surface area contributed by atoms with E-state index in [9.17, 15) is 9.59 Å². The van der Waals surface area contributed by atoms with Crippen LogP contribution in [0.3, 0.4) is 0 Å². The van der Waals surface area contributed by atoms with E-state index in [2.05, 4.69) is 22.1 Å². The third-order valence-corrected chi connectivity index (χ3v) is 4.98. The predicted octanol–water partition coefficient (Wildman–Crippen LogP) is 0.935. The minimum atomic E-state index is -0.300. The van der Waals surface area contributed by atoms with E-state index in [-0.39, 0.29) is 24.2 Å². The van der Waals surface area contributed by atoms with Crippen molar-refractivity contribution < 1.29 is 9.59 Å². The number of likely N-dealkylation sites (N-methyl/N-ethyl adjacent to an activating group) is 1. The first-order valence-electron chi connectivity index (χ1n) is 8.61. The molecule has 0 spiro atoms. The maximum Gasteiger partial charge on any atom is 0.229 e. The summed E-state index contributed by atoms with van der Waals surface area (Å²) >= 11 is 0. The Morgan fingerprint density at radius 2 is 2.29 bits per heavy atom. The number of nitrogens with two attached hydrogens (primary N) is 1. The maximum atomic E-state index is 12.4. The third-order valence-electron chi connectivity index (χ3n) is 4.98. The molecule has 1 aromatic heterocycles. The van der Waals surface area contributed by atoms with Gasteiger partial charge in [0.05, 0.1) is 17.8 Å². The highest BCUT2D eigenvalue weighted by molar-refractivity contribution is 5.97. The Balaban J connectivity index is 1.55. The summed E-state index contributed by atoms with van der Waals surface area (Å²) in [7, 11) is 0. The largest absolute Gasteiger partial charge is 0.384 e. The number of nitrogens with one attached hydrogen (secondary N) is 1. The van der Waals surface area contributed by atoms with Crippen LogP contribution in [-0.2, 0) is 9.59 Å². The number of likely N-dealkylation sites (tertiary alicyclic amines) is 2. The fourth-order valence-electron chi connectivity index (χ4n) is 3.62. The van der Waals surface area contributed by atoms with Gasteiger partial charge in [-0.05, 0) is 38.1 Å². The van der Waals surface area contributed by atoms with E-state index in [1.54, 1.807) is 12.1 Å². The Hall–Kier alpha value is -2.15. The summed E-state index contributed by atoms with van der Waals surface area (Å²) in [6.07, 6.45) is 4.13. The zero-order valence-electron chi connectivity index (χ0n) is 14.1. The average molecular weight is 331 g/mol. The SMILES string of the molecule is CCN1CCC[C@H]1CN1C[C@H](C(=O)Nc2ccc(N)nc2)CC1=O. The first kappa shape index (κ1) is 16.7. The van der Waals surface area contributed by atoms with Gasteiger partial charge in [-0.15, -0.1) is 0 Å². The summed E-state index contributed by atoms with van der Waals surface area (Å²) in [5.41, 5.74) is 6.14. The van der Waals surface area contributed by atoms with Crippen LogP contribution in [0.4, 0.5) is 11.5 Å². The number of carbonyl (C=O) groups excluding carboxylic acids is 2. The number of nitrogens with zero attached hydrogens (tertiary/aromatic N) is 3. The first-order chi connectivity index (χ1) is 11.6. The van der Waals surface area contributed by atoms with Gasteiger partial charge in [-0.2, -0.15) is 0 Å². The van der Waals surface area contributed by atoms with E-state index in [1.807, 2.05) is 4.90 Å². The molecule has 130 valence electrons. The Morgan fingerprint density at radius 1 is 1.46 bits per heavy atom. The van der Waals surface area contributed by atoms with Crippen LogP contribution in [0.15, 0.2) is 18.3 Å². The topological polar surface area (TPSA) is 91.6 Å².